The summed E-state index contributed by atoms with van der Waals surface area (Å²) in [4.78, 5) is 12.1. The van der Waals surface area contributed by atoms with Crippen LogP contribution < -0.4 is 10.1 Å². The maximum absolute atomic E-state index is 13.6. The van der Waals surface area contributed by atoms with Gasteiger partial charge in [0.15, 0.2) is 12.4 Å². The van der Waals surface area contributed by atoms with Gasteiger partial charge in [-0.3, -0.25) is 4.79 Å². The van der Waals surface area contributed by atoms with Crippen LogP contribution in [0.1, 0.15) is 21.6 Å². The van der Waals surface area contributed by atoms with Crippen LogP contribution in [-0.2, 0) is 6.73 Å². The third kappa shape index (κ3) is 4.05. The number of halogens is 2. The highest BCUT2D eigenvalue weighted by Crippen LogP contribution is 2.19. The van der Waals surface area contributed by atoms with Crippen molar-refractivity contribution in [2.24, 2.45) is 0 Å². The molecule has 0 atom stereocenters. The molecule has 0 radical (unpaired) electrons. The van der Waals surface area contributed by atoms with E-state index in [-0.39, 0.29) is 18.1 Å². The normalized spacial score (nSPS) is 10.6. The van der Waals surface area contributed by atoms with E-state index < -0.39 is 17.5 Å². The zero-order valence-corrected chi connectivity index (χ0v) is 14.3. The summed E-state index contributed by atoms with van der Waals surface area (Å²) in [6.07, 6.45) is 1.57. The molecule has 1 aromatic heterocycles. The van der Waals surface area contributed by atoms with Gasteiger partial charge >= 0.3 is 0 Å². The monoisotopic (exact) mass is 357 g/mol. The Morgan fingerprint density at radius 1 is 1.15 bits per heavy atom. The second-order valence-electron chi connectivity index (χ2n) is 5.86. The van der Waals surface area contributed by atoms with Crippen LogP contribution in [0.25, 0.3) is 0 Å². The van der Waals surface area contributed by atoms with Crippen LogP contribution in [0.3, 0.4) is 0 Å². The molecular weight excluding hydrogens is 340 g/mol. The van der Waals surface area contributed by atoms with Gasteiger partial charge < -0.3 is 10.1 Å². The van der Waals surface area contributed by atoms with Crippen LogP contribution in [0.4, 0.5) is 14.5 Å². The average Bonchev–Trinajstić information content (AvgIpc) is 3.06. The predicted octanol–water partition coefficient (Wildman–Crippen LogP) is 4.07. The number of hydrogen-bond acceptors (Lipinski definition) is 3. The number of nitrogens with zero attached hydrogens (tertiary/aromatic N) is 2. The minimum Gasteiger partial charge on any atom is -0.471 e. The fourth-order valence-electron chi connectivity index (χ4n) is 2.43. The number of nitrogens with one attached hydrogen (secondary N) is 1. The van der Waals surface area contributed by atoms with Crippen molar-refractivity contribution in [2.75, 3.05) is 5.32 Å². The van der Waals surface area contributed by atoms with Crippen molar-refractivity contribution in [1.29, 1.82) is 0 Å². The Labute approximate surface area is 149 Å². The van der Waals surface area contributed by atoms with Crippen molar-refractivity contribution in [1.82, 2.24) is 9.78 Å². The van der Waals surface area contributed by atoms with Gasteiger partial charge in [-0.2, -0.15) is 5.10 Å². The number of hydrogen-bond donors (Lipinski definition) is 1. The van der Waals surface area contributed by atoms with E-state index in [1.54, 1.807) is 6.20 Å². The maximum Gasteiger partial charge on any atom is 0.276 e. The van der Waals surface area contributed by atoms with Gasteiger partial charge in [0.2, 0.25) is 0 Å². The van der Waals surface area contributed by atoms with Gasteiger partial charge in [-0.15, -0.1) is 0 Å². The highest BCUT2D eigenvalue weighted by Gasteiger charge is 2.13. The van der Waals surface area contributed by atoms with E-state index in [1.165, 1.54) is 10.7 Å². The number of amides is 1. The van der Waals surface area contributed by atoms with Crippen molar-refractivity contribution in [2.45, 2.75) is 20.6 Å². The molecule has 0 aliphatic carbocycles. The molecule has 0 bridgehead atoms. The molecule has 3 aromatic rings. The molecule has 0 saturated carbocycles. The first kappa shape index (κ1) is 17.6. The van der Waals surface area contributed by atoms with Crippen LogP contribution in [0, 0.1) is 25.5 Å². The molecule has 0 saturated heterocycles. The zero-order valence-electron chi connectivity index (χ0n) is 14.3. The van der Waals surface area contributed by atoms with Crippen LogP contribution in [0.15, 0.2) is 48.7 Å². The van der Waals surface area contributed by atoms with Crippen LogP contribution >= 0.6 is 0 Å². The summed E-state index contributed by atoms with van der Waals surface area (Å²) in [7, 11) is 0. The Balaban J connectivity index is 1.65. The minimum absolute atomic E-state index is 0.0675. The van der Waals surface area contributed by atoms with Crippen molar-refractivity contribution in [3.05, 3.63) is 77.1 Å². The van der Waals surface area contributed by atoms with Crippen molar-refractivity contribution in [3.8, 4) is 5.75 Å². The summed E-state index contributed by atoms with van der Waals surface area (Å²) in [6.45, 7) is 4.06. The lowest BCUT2D eigenvalue weighted by molar-refractivity contribution is 0.101. The molecule has 1 amide bonds. The summed E-state index contributed by atoms with van der Waals surface area (Å²) in [6, 6.07) is 10.1. The quantitative estimate of drug-likeness (QED) is 0.749. The molecule has 26 heavy (non-hydrogen) atoms. The number of ether oxygens (including phenoxy) is 1. The first-order valence-corrected chi connectivity index (χ1v) is 7.92. The first-order chi connectivity index (χ1) is 12.4. The van der Waals surface area contributed by atoms with E-state index in [2.05, 4.69) is 10.4 Å². The standard InChI is InChI=1S/C19H17F2N3O2/c1-12-3-6-18(13(2)9-12)26-11-24-8-7-16(23-24)19(25)22-17-10-14(20)4-5-15(17)21/h3-10H,11H2,1-2H3,(H,22,25). The summed E-state index contributed by atoms with van der Waals surface area (Å²) < 4.78 is 33.9. The molecule has 0 spiro atoms. The first-order valence-electron chi connectivity index (χ1n) is 7.92. The Morgan fingerprint density at radius 3 is 2.73 bits per heavy atom. The van der Waals surface area contributed by atoms with E-state index in [0.29, 0.717) is 0 Å². The van der Waals surface area contributed by atoms with Crippen LogP contribution in [0.5, 0.6) is 5.75 Å². The molecule has 0 aliphatic rings. The summed E-state index contributed by atoms with van der Waals surface area (Å²) in [5.41, 5.74) is 1.96. The Morgan fingerprint density at radius 2 is 1.96 bits per heavy atom. The zero-order chi connectivity index (χ0) is 18.7. The predicted molar refractivity (Wildman–Crippen MR) is 93.1 cm³/mol. The number of carbonyl (C=O) groups excluding carboxylic acids is 1. The SMILES string of the molecule is Cc1ccc(OCn2ccc(C(=O)Nc3cc(F)ccc3F)n2)c(C)c1. The van der Waals surface area contributed by atoms with Crippen LogP contribution in [-0.4, -0.2) is 15.7 Å². The Hall–Kier alpha value is -3.22. The van der Waals surface area contributed by atoms with Crippen molar-refractivity contribution < 1.29 is 18.3 Å². The topological polar surface area (TPSA) is 56.1 Å². The van der Waals surface area contributed by atoms with E-state index in [4.69, 9.17) is 4.74 Å². The lowest BCUT2D eigenvalue weighted by Crippen LogP contribution is -2.15. The summed E-state index contributed by atoms with van der Waals surface area (Å²) >= 11 is 0. The van der Waals surface area contributed by atoms with E-state index in [1.807, 2.05) is 32.0 Å². The number of anilines is 1. The summed E-state index contributed by atoms with van der Waals surface area (Å²) in [5, 5.41) is 6.38. The third-order valence-corrected chi connectivity index (χ3v) is 3.73. The molecular formula is C19H17F2N3O2. The fraction of sp³-hybridized carbons (Fsp3) is 0.158. The van der Waals surface area contributed by atoms with Gasteiger partial charge in [-0.25, -0.2) is 13.5 Å². The van der Waals surface area contributed by atoms with Crippen molar-refractivity contribution >= 4 is 11.6 Å². The Bertz CT molecular complexity index is 954. The van der Waals surface area contributed by atoms with E-state index in [9.17, 15) is 13.6 Å². The van der Waals surface area contributed by atoms with Gasteiger partial charge in [-0.1, -0.05) is 17.7 Å². The number of aromatic nitrogens is 2. The molecule has 0 unspecified atom stereocenters. The molecule has 134 valence electrons. The summed E-state index contributed by atoms with van der Waals surface area (Å²) in [5.74, 6) is -1.29. The van der Waals surface area contributed by atoms with E-state index >= 15 is 0 Å². The van der Waals surface area contributed by atoms with Gasteiger partial charge in [0, 0.05) is 12.3 Å². The number of carbonyl (C=O) groups is 1. The van der Waals surface area contributed by atoms with E-state index in [0.717, 1.165) is 35.1 Å². The molecule has 5 nitrogen and oxygen atoms in total. The van der Waals surface area contributed by atoms with Gasteiger partial charge in [0.25, 0.3) is 5.91 Å². The van der Waals surface area contributed by atoms with Gasteiger partial charge in [0.1, 0.15) is 17.4 Å². The lowest BCUT2D eigenvalue weighted by Gasteiger charge is -2.09. The number of aryl methyl sites for hydroxylation is 2. The highest BCUT2D eigenvalue weighted by molar-refractivity contribution is 6.02. The molecule has 3 rings (SSSR count). The molecule has 7 heteroatoms. The minimum atomic E-state index is -0.725. The highest BCUT2D eigenvalue weighted by atomic mass is 19.1. The molecule has 0 fully saturated rings. The van der Waals surface area contributed by atoms with Crippen LogP contribution in [0.2, 0.25) is 0 Å². The van der Waals surface area contributed by atoms with Crippen molar-refractivity contribution in [3.63, 3.8) is 0 Å². The number of rotatable bonds is 5. The second-order valence-corrected chi connectivity index (χ2v) is 5.86. The van der Waals surface area contributed by atoms with Gasteiger partial charge in [-0.05, 0) is 43.7 Å². The third-order valence-electron chi connectivity index (χ3n) is 3.73. The Kier molecular flexibility index (Phi) is 4.97. The largest absolute Gasteiger partial charge is 0.471 e. The van der Waals surface area contributed by atoms with Gasteiger partial charge in [0.05, 0.1) is 5.69 Å². The molecule has 1 N–H and O–H groups in total. The molecule has 2 aromatic carbocycles. The second kappa shape index (κ2) is 7.35. The smallest absolute Gasteiger partial charge is 0.276 e. The molecule has 1 heterocycles. The number of benzene rings is 2. The average molecular weight is 357 g/mol. The fourth-order valence-corrected chi connectivity index (χ4v) is 2.43. The lowest BCUT2D eigenvalue weighted by atomic mass is 10.1. The maximum atomic E-state index is 13.6. The molecule has 0 aliphatic heterocycles.